The van der Waals surface area contributed by atoms with Gasteiger partial charge in [-0.1, -0.05) is 19.9 Å². The number of halogens is 3. The summed E-state index contributed by atoms with van der Waals surface area (Å²) in [4.78, 5) is 55.5. The summed E-state index contributed by atoms with van der Waals surface area (Å²) in [5, 5.41) is 17.3. The highest BCUT2D eigenvalue weighted by atomic mass is 79.9. The number of aromatic nitrogens is 3. The number of anilines is 6. The molecule has 5 heterocycles. The van der Waals surface area contributed by atoms with Crippen LogP contribution in [0.2, 0.25) is 0 Å². The zero-order valence-electron chi connectivity index (χ0n) is 40.0. The van der Waals surface area contributed by atoms with Crippen LogP contribution >= 0.6 is 23.1 Å². The first-order valence-electron chi connectivity index (χ1n) is 24.4. The fraction of sp³-hybridized carbons (Fsp3) is 0.451. The third-order valence-corrected chi connectivity index (χ3v) is 15.8. The minimum Gasteiger partial charge on any atom is -0.488 e. The molecule has 0 radical (unpaired) electrons. The number of nitrogens with one attached hydrogen (secondary N) is 5. The van der Waals surface area contributed by atoms with E-state index in [1.807, 2.05) is 24.3 Å². The summed E-state index contributed by atoms with van der Waals surface area (Å²) >= 11 is 3.63. The van der Waals surface area contributed by atoms with Gasteiger partial charge in [0, 0.05) is 97.3 Å². The first-order chi connectivity index (χ1) is 33.6. The molecule has 3 aromatic carbocycles. The summed E-state index contributed by atoms with van der Waals surface area (Å²) in [6.07, 6.45) is 7.92. The van der Waals surface area contributed by atoms with Crippen molar-refractivity contribution in [2.75, 3.05) is 73.0 Å². The van der Waals surface area contributed by atoms with E-state index in [9.17, 15) is 18.9 Å². The van der Waals surface area contributed by atoms with Crippen molar-refractivity contribution in [1.29, 1.82) is 0 Å². The maximum atomic E-state index is 15.2. The number of piperidine rings is 2. The molecule has 5 N–H and O–H groups in total. The van der Waals surface area contributed by atoms with Crippen LogP contribution in [0.4, 0.5) is 43.3 Å². The molecular formula is C51H60BrF2N10O5P. The number of pyridine rings is 1. The highest BCUT2D eigenvalue weighted by Crippen LogP contribution is 2.43. The van der Waals surface area contributed by atoms with Crippen LogP contribution in [0.15, 0.2) is 59.2 Å². The standard InChI is InChI=1S/C51H60BrF2N10O5P/c1-5-29-23-42(60-51-57-27-37(52)48(62-51)59-41-13-12-40-35(47(41)70(3,4)68)10-7-31(6-2)58-40)44(69-34-8-9-34)26-43(29)63-21-16-32(17-22-63)55-18-19-56-49(66)30-15-20-64(28-30)33-24-38(53)46(39(54)25-33)36-11-14-45(65)61-50(36)67/h7,10,12-13,23-27,30,32,34,36,55H,5-6,8-9,11,14-22,28H2,1-4H3,(H,56,66)(H,61,65,67)(H2,57,59,60,62)/t30-,36-/m1/s1. The molecule has 19 heteroatoms. The van der Waals surface area contributed by atoms with E-state index in [1.165, 1.54) is 17.7 Å². The van der Waals surface area contributed by atoms with E-state index in [0.29, 0.717) is 60.2 Å². The van der Waals surface area contributed by atoms with Crippen molar-refractivity contribution in [2.24, 2.45) is 5.92 Å². The van der Waals surface area contributed by atoms with Crippen LogP contribution in [0.3, 0.4) is 0 Å². The van der Waals surface area contributed by atoms with Crippen LogP contribution in [0.5, 0.6) is 5.75 Å². The van der Waals surface area contributed by atoms with Gasteiger partial charge in [0.25, 0.3) is 0 Å². The van der Waals surface area contributed by atoms with E-state index in [1.54, 1.807) is 24.4 Å². The SMILES string of the molecule is CCc1ccc2c(P(C)(C)=O)c(Nc3nc(Nc4cc(CC)c(N5CCC(NCCNC(=O)[C@@H]6CCN(c7cc(F)c([C@H]8CCC(=O)NC8=O)c(F)c7)C6)CC5)cc4OC4CC4)ncc3Br)ccc2n1. The van der Waals surface area contributed by atoms with Gasteiger partial charge in [-0.15, -0.1) is 0 Å². The molecular weight excluding hydrogens is 981 g/mol. The number of fused-ring (bicyclic) bond motifs is 1. The molecule has 3 amide bonds. The largest absolute Gasteiger partial charge is 0.488 e. The van der Waals surface area contributed by atoms with Gasteiger partial charge in [0.15, 0.2) is 0 Å². The summed E-state index contributed by atoms with van der Waals surface area (Å²) in [6, 6.07) is 14.9. The molecule has 1 saturated carbocycles. The summed E-state index contributed by atoms with van der Waals surface area (Å²) in [7, 11) is -2.76. The van der Waals surface area contributed by atoms with E-state index < -0.39 is 36.5 Å². The molecule has 370 valence electrons. The highest BCUT2D eigenvalue weighted by Gasteiger charge is 2.35. The van der Waals surface area contributed by atoms with Crippen molar-refractivity contribution >= 4 is 91.5 Å². The molecule has 0 spiro atoms. The predicted molar refractivity (Wildman–Crippen MR) is 274 cm³/mol. The molecule has 5 aromatic rings. The van der Waals surface area contributed by atoms with Crippen LogP contribution in [0.25, 0.3) is 10.9 Å². The number of imide groups is 1. The number of carbonyl (C=O) groups excluding carboxylic acids is 3. The van der Waals surface area contributed by atoms with Crippen LogP contribution in [-0.2, 0) is 31.8 Å². The van der Waals surface area contributed by atoms with E-state index in [-0.39, 0.29) is 42.4 Å². The van der Waals surface area contributed by atoms with Crippen LogP contribution < -0.4 is 46.4 Å². The number of hydrogen-bond acceptors (Lipinski definition) is 13. The number of hydrogen-bond donors (Lipinski definition) is 5. The zero-order valence-corrected chi connectivity index (χ0v) is 42.5. The topological polar surface area (TPSA) is 183 Å². The van der Waals surface area contributed by atoms with Crippen molar-refractivity contribution in [3.8, 4) is 5.75 Å². The first-order valence-corrected chi connectivity index (χ1v) is 27.8. The van der Waals surface area contributed by atoms with Crippen LogP contribution in [0, 0.1) is 17.6 Å². The Morgan fingerprint density at radius 2 is 1.64 bits per heavy atom. The Morgan fingerprint density at radius 1 is 0.886 bits per heavy atom. The van der Waals surface area contributed by atoms with Crippen LogP contribution in [0.1, 0.15) is 81.5 Å². The van der Waals surface area contributed by atoms with Crippen molar-refractivity contribution in [3.05, 3.63) is 87.7 Å². The Labute approximate surface area is 415 Å². The fourth-order valence-corrected chi connectivity index (χ4v) is 11.6. The lowest BCUT2D eigenvalue weighted by Gasteiger charge is -2.35. The van der Waals surface area contributed by atoms with Gasteiger partial charge >= 0.3 is 0 Å². The Hall–Kier alpha value is -5.71. The molecule has 3 aliphatic heterocycles. The normalized spacial score (nSPS) is 18.8. The summed E-state index contributed by atoms with van der Waals surface area (Å²) < 4.78 is 51.4. The molecule has 15 nitrogen and oxygen atoms in total. The van der Waals surface area contributed by atoms with E-state index >= 15 is 8.78 Å². The van der Waals surface area contributed by atoms with Gasteiger partial charge in [0.2, 0.25) is 23.7 Å². The van der Waals surface area contributed by atoms with Gasteiger partial charge in [0.05, 0.1) is 39.3 Å². The van der Waals surface area contributed by atoms with Gasteiger partial charge in [0.1, 0.15) is 30.3 Å². The number of benzene rings is 3. The van der Waals surface area contributed by atoms with Gasteiger partial charge in [-0.05, 0) is 123 Å². The molecule has 4 aliphatic rings. The Bertz CT molecular complexity index is 2850. The summed E-state index contributed by atoms with van der Waals surface area (Å²) in [6.45, 7) is 11.3. The number of ether oxygens (including phenoxy) is 1. The van der Waals surface area contributed by atoms with Crippen molar-refractivity contribution in [3.63, 3.8) is 0 Å². The summed E-state index contributed by atoms with van der Waals surface area (Å²) in [5.41, 5.74) is 5.56. The Balaban J connectivity index is 0.789. The second-order valence-corrected chi connectivity index (χ2v) is 23.1. The van der Waals surface area contributed by atoms with Crippen LogP contribution in [-0.4, -0.2) is 97.4 Å². The molecule has 2 atom stereocenters. The van der Waals surface area contributed by atoms with E-state index in [2.05, 4.69) is 78.4 Å². The number of nitrogens with zero attached hydrogens (tertiary/aromatic N) is 5. The molecule has 0 unspecified atom stereocenters. The molecule has 3 saturated heterocycles. The monoisotopic (exact) mass is 1040 g/mol. The lowest BCUT2D eigenvalue weighted by Crippen LogP contribution is -2.45. The minimum atomic E-state index is -2.76. The number of amides is 3. The fourth-order valence-electron chi connectivity index (χ4n) is 9.82. The average molecular weight is 1040 g/mol. The quantitative estimate of drug-likeness (QED) is 0.0342. The number of carbonyl (C=O) groups is 3. The van der Waals surface area contributed by atoms with Crippen molar-refractivity contribution in [1.82, 2.24) is 30.9 Å². The second kappa shape index (κ2) is 20.9. The maximum absolute atomic E-state index is 15.2. The number of rotatable bonds is 17. The van der Waals surface area contributed by atoms with Crippen molar-refractivity contribution in [2.45, 2.75) is 89.7 Å². The lowest BCUT2D eigenvalue weighted by molar-refractivity contribution is -0.134. The van der Waals surface area contributed by atoms with Gasteiger partial charge in [-0.25, -0.2) is 13.8 Å². The zero-order chi connectivity index (χ0) is 49.3. The van der Waals surface area contributed by atoms with Gasteiger partial charge in [-0.3, -0.25) is 24.7 Å². The average Bonchev–Trinajstić information content (AvgIpc) is 4.02. The third-order valence-electron chi connectivity index (χ3n) is 13.7. The van der Waals surface area contributed by atoms with Crippen molar-refractivity contribution < 1.29 is 32.5 Å². The van der Waals surface area contributed by atoms with E-state index in [4.69, 9.17) is 14.7 Å². The minimum absolute atomic E-state index is 0.0217. The smallest absolute Gasteiger partial charge is 0.234 e. The second-order valence-electron chi connectivity index (χ2n) is 19.1. The molecule has 1 aliphatic carbocycles. The lowest BCUT2D eigenvalue weighted by atomic mass is 9.89. The summed E-state index contributed by atoms with van der Waals surface area (Å²) in [5.74, 6) is -2.66. The first kappa shape index (κ1) is 49.3. The van der Waals surface area contributed by atoms with Gasteiger partial charge < -0.3 is 40.4 Å². The maximum Gasteiger partial charge on any atom is 0.234 e. The van der Waals surface area contributed by atoms with E-state index in [0.717, 1.165) is 90.6 Å². The van der Waals surface area contributed by atoms with Gasteiger partial charge in [-0.2, -0.15) is 4.98 Å². The molecule has 9 rings (SSSR count). The molecule has 0 bridgehead atoms. The Kier molecular flexibility index (Phi) is 14.7. The third kappa shape index (κ3) is 11.1. The number of aryl methyl sites for hydroxylation is 2. The molecule has 2 aromatic heterocycles. The molecule has 70 heavy (non-hydrogen) atoms. The highest BCUT2D eigenvalue weighted by molar-refractivity contribution is 9.10. The predicted octanol–water partition coefficient (Wildman–Crippen LogP) is 8.19. The Morgan fingerprint density at radius 3 is 2.34 bits per heavy atom. The molecule has 4 fully saturated rings.